The van der Waals surface area contributed by atoms with E-state index in [1.165, 1.54) is 27.7 Å². The van der Waals surface area contributed by atoms with Crippen molar-refractivity contribution >= 4 is 27.6 Å². The molecular formula is C22H14FN7O. The van der Waals surface area contributed by atoms with E-state index >= 15 is 0 Å². The summed E-state index contributed by atoms with van der Waals surface area (Å²) in [4.78, 5) is 21.5. The number of halogens is 1. The Kier molecular flexibility index (Phi) is 4.19. The van der Waals surface area contributed by atoms with E-state index in [9.17, 15) is 14.4 Å². The van der Waals surface area contributed by atoms with Crippen LogP contribution in [0.4, 0.5) is 10.2 Å². The van der Waals surface area contributed by atoms with E-state index in [0.29, 0.717) is 27.5 Å². The Labute approximate surface area is 174 Å². The Bertz CT molecular complexity index is 1580. The minimum atomic E-state index is -0.532. The number of nitrogens with two attached hydrogens (primary N) is 1. The molecular weight excluding hydrogens is 397 g/mol. The minimum Gasteiger partial charge on any atom is -0.383 e. The summed E-state index contributed by atoms with van der Waals surface area (Å²) in [6, 6.07) is 16.9. The summed E-state index contributed by atoms with van der Waals surface area (Å²) < 4.78 is 17.5. The molecule has 0 saturated heterocycles. The molecule has 0 aliphatic carbocycles. The molecule has 0 spiro atoms. The molecule has 0 unspecified atom stereocenters. The zero-order valence-electron chi connectivity index (χ0n) is 16.0. The highest BCUT2D eigenvalue weighted by Crippen LogP contribution is 2.23. The molecule has 5 aromatic rings. The number of rotatable bonds is 3. The third-order valence-electron chi connectivity index (χ3n) is 5.07. The summed E-state index contributed by atoms with van der Waals surface area (Å²) in [6.45, 7) is 0.0586. The van der Waals surface area contributed by atoms with Gasteiger partial charge in [0.15, 0.2) is 11.3 Å². The second-order valence-corrected chi connectivity index (χ2v) is 6.89. The molecule has 3 heterocycles. The lowest BCUT2D eigenvalue weighted by atomic mass is 10.1. The number of nitriles is 1. The monoisotopic (exact) mass is 411 g/mol. The van der Waals surface area contributed by atoms with Crippen molar-refractivity contribution in [2.45, 2.75) is 6.54 Å². The smallest absolute Gasteiger partial charge is 0.263 e. The number of nitrogen functional groups attached to an aromatic ring is 1. The van der Waals surface area contributed by atoms with Crippen molar-refractivity contribution in [1.29, 1.82) is 5.26 Å². The molecule has 2 N–H and O–H groups in total. The van der Waals surface area contributed by atoms with Crippen LogP contribution in [0, 0.1) is 17.1 Å². The summed E-state index contributed by atoms with van der Waals surface area (Å²) in [6.07, 6.45) is 1.28. The fraction of sp³-hybridized carbons (Fsp3) is 0.0455. The fourth-order valence-corrected chi connectivity index (χ4v) is 3.70. The van der Waals surface area contributed by atoms with Gasteiger partial charge in [0.1, 0.15) is 24.0 Å². The van der Waals surface area contributed by atoms with Gasteiger partial charge in [-0.25, -0.2) is 19.0 Å². The van der Waals surface area contributed by atoms with Gasteiger partial charge < -0.3 is 5.73 Å². The molecule has 0 amide bonds. The van der Waals surface area contributed by atoms with Crippen molar-refractivity contribution in [2.24, 2.45) is 0 Å². The molecule has 2 aromatic carbocycles. The molecule has 0 radical (unpaired) electrons. The summed E-state index contributed by atoms with van der Waals surface area (Å²) in [7, 11) is 0. The van der Waals surface area contributed by atoms with Crippen LogP contribution in [0.1, 0.15) is 11.4 Å². The minimum absolute atomic E-state index is 0.0586. The maximum atomic E-state index is 14.7. The van der Waals surface area contributed by atoms with Crippen LogP contribution in [-0.4, -0.2) is 24.3 Å². The normalized spacial score (nSPS) is 11.1. The number of hydrogen-bond donors (Lipinski definition) is 1. The number of nitrogens with zero attached hydrogens (tertiary/aromatic N) is 6. The van der Waals surface area contributed by atoms with Crippen LogP contribution >= 0.6 is 0 Å². The number of hydrogen-bond acceptors (Lipinski definition) is 6. The van der Waals surface area contributed by atoms with Crippen LogP contribution < -0.4 is 11.3 Å². The van der Waals surface area contributed by atoms with Crippen molar-refractivity contribution in [3.63, 3.8) is 0 Å². The number of fused-ring (bicyclic) bond motifs is 2. The summed E-state index contributed by atoms with van der Waals surface area (Å²) in [5, 5.41) is 15.3. The Balaban J connectivity index is 1.80. The van der Waals surface area contributed by atoms with Crippen LogP contribution in [0.2, 0.25) is 0 Å². The van der Waals surface area contributed by atoms with Gasteiger partial charge in [0, 0.05) is 11.1 Å². The molecule has 0 aliphatic rings. The summed E-state index contributed by atoms with van der Waals surface area (Å²) in [5.41, 5.74) is 6.59. The molecule has 3 aromatic heterocycles. The number of aromatic nitrogens is 5. The zero-order valence-corrected chi connectivity index (χ0v) is 16.0. The third kappa shape index (κ3) is 2.89. The highest BCUT2D eigenvalue weighted by atomic mass is 19.1. The second-order valence-electron chi connectivity index (χ2n) is 6.89. The topological polar surface area (TPSA) is 115 Å². The number of anilines is 1. The molecule has 9 heteroatoms. The molecule has 0 aliphatic heterocycles. The highest BCUT2D eigenvalue weighted by Gasteiger charge is 2.19. The van der Waals surface area contributed by atoms with Crippen molar-refractivity contribution in [1.82, 2.24) is 24.3 Å². The average Bonchev–Trinajstić information content (AvgIpc) is 3.14. The van der Waals surface area contributed by atoms with Crippen LogP contribution in [-0.2, 0) is 6.54 Å². The Morgan fingerprint density at radius 3 is 2.68 bits per heavy atom. The van der Waals surface area contributed by atoms with Crippen molar-refractivity contribution in [3.05, 3.63) is 88.5 Å². The number of para-hydroxylation sites is 1. The lowest BCUT2D eigenvalue weighted by Crippen LogP contribution is -2.24. The summed E-state index contributed by atoms with van der Waals surface area (Å²) in [5.74, 6) is -0.395. The van der Waals surface area contributed by atoms with Gasteiger partial charge in [-0.05, 0) is 29.7 Å². The number of pyridine rings is 1. The van der Waals surface area contributed by atoms with Crippen LogP contribution in [0.25, 0.3) is 27.5 Å². The van der Waals surface area contributed by atoms with Gasteiger partial charge in [-0.1, -0.05) is 30.3 Å². The van der Waals surface area contributed by atoms with Gasteiger partial charge in [0.25, 0.3) is 5.56 Å². The Morgan fingerprint density at radius 2 is 1.87 bits per heavy atom. The maximum Gasteiger partial charge on any atom is 0.263 e. The van der Waals surface area contributed by atoms with E-state index in [1.54, 1.807) is 30.3 Å². The van der Waals surface area contributed by atoms with E-state index in [-0.39, 0.29) is 29.3 Å². The molecule has 150 valence electrons. The van der Waals surface area contributed by atoms with E-state index < -0.39 is 5.82 Å². The summed E-state index contributed by atoms with van der Waals surface area (Å²) >= 11 is 0. The predicted octanol–water partition coefficient (Wildman–Crippen LogP) is 2.77. The maximum absolute atomic E-state index is 14.7. The van der Waals surface area contributed by atoms with Crippen molar-refractivity contribution in [2.75, 3.05) is 5.73 Å². The van der Waals surface area contributed by atoms with Crippen LogP contribution in [0.5, 0.6) is 0 Å². The zero-order chi connectivity index (χ0) is 21.5. The molecule has 0 bridgehead atoms. The van der Waals surface area contributed by atoms with Crippen LogP contribution in [0.15, 0.2) is 65.7 Å². The average molecular weight is 411 g/mol. The first kappa shape index (κ1) is 18.4. The molecule has 8 nitrogen and oxygen atoms in total. The fourth-order valence-electron chi connectivity index (χ4n) is 3.70. The van der Waals surface area contributed by atoms with Gasteiger partial charge in [0.05, 0.1) is 17.6 Å². The quantitative estimate of drug-likeness (QED) is 0.488. The van der Waals surface area contributed by atoms with Crippen molar-refractivity contribution < 1.29 is 4.39 Å². The second kappa shape index (κ2) is 7.03. The van der Waals surface area contributed by atoms with Crippen LogP contribution in [0.3, 0.4) is 0 Å². The lowest BCUT2D eigenvalue weighted by Gasteiger charge is -2.15. The Morgan fingerprint density at radius 1 is 1.10 bits per heavy atom. The third-order valence-corrected chi connectivity index (χ3v) is 5.07. The van der Waals surface area contributed by atoms with Gasteiger partial charge in [-0.2, -0.15) is 10.4 Å². The SMILES string of the molecule is N#Cc1nn(Cc2cc3ccccc3c(=O)n2-c2ccccc2F)c2ncnc(N)c12. The van der Waals surface area contributed by atoms with Crippen molar-refractivity contribution in [3.8, 4) is 11.8 Å². The van der Waals surface area contributed by atoms with E-state index in [1.807, 2.05) is 18.2 Å². The highest BCUT2D eigenvalue weighted by molar-refractivity contribution is 5.90. The molecule has 31 heavy (non-hydrogen) atoms. The van der Waals surface area contributed by atoms with E-state index in [0.717, 1.165) is 0 Å². The van der Waals surface area contributed by atoms with E-state index in [4.69, 9.17) is 5.73 Å². The van der Waals surface area contributed by atoms with Gasteiger partial charge >= 0.3 is 0 Å². The van der Waals surface area contributed by atoms with Gasteiger partial charge in [-0.3, -0.25) is 9.36 Å². The first-order chi connectivity index (χ1) is 15.1. The molecule has 0 fully saturated rings. The molecule has 0 atom stereocenters. The standard InChI is InChI=1S/C22H14FN7O/c23-16-7-3-4-8-18(16)30-14(9-13-5-1-2-6-15(13)22(30)31)11-29-21-19(17(10-24)28-29)20(25)26-12-27-21/h1-9,12H,11H2,(H2,25,26,27). The van der Waals surface area contributed by atoms with E-state index in [2.05, 4.69) is 15.1 Å². The first-order valence-electron chi connectivity index (χ1n) is 9.34. The molecule has 5 rings (SSSR count). The first-order valence-corrected chi connectivity index (χ1v) is 9.34. The molecule has 0 saturated carbocycles. The van der Waals surface area contributed by atoms with Gasteiger partial charge in [0.2, 0.25) is 0 Å². The number of benzene rings is 2. The lowest BCUT2D eigenvalue weighted by molar-refractivity contribution is 0.606. The predicted molar refractivity (Wildman–Crippen MR) is 113 cm³/mol. The largest absolute Gasteiger partial charge is 0.383 e. The Hall–Kier alpha value is -4.58. The van der Waals surface area contributed by atoms with Gasteiger partial charge in [-0.15, -0.1) is 0 Å².